The van der Waals surface area contributed by atoms with Gasteiger partial charge < -0.3 is 4.74 Å². The minimum Gasteiger partial charge on any atom is -0.379 e. The second-order valence-corrected chi connectivity index (χ2v) is 6.54. The van der Waals surface area contributed by atoms with Gasteiger partial charge in [0, 0.05) is 18.7 Å². The van der Waals surface area contributed by atoms with Gasteiger partial charge >= 0.3 is 0 Å². The molecular formula is C12H14BrNO4S. The Hall–Kier alpha value is -0.760. The average molecular weight is 348 g/mol. The van der Waals surface area contributed by atoms with E-state index in [-0.39, 0.29) is 21.6 Å². The molecule has 0 amide bonds. The summed E-state index contributed by atoms with van der Waals surface area (Å²) in [5.74, 6) is -0.243. The maximum Gasteiger partial charge on any atom is 0.243 e. The molecule has 0 bridgehead atoms. The molecule has 5 nitrogen and oxygen atoms in total. The summed E-state index contributed by atoms with van der Waals surface area (Å²) >= 11 is 3.07. The molecule has 0 radical (unpaired) electrons. The van der Waals surface area contributed by atoms with Crippen LogP contribution in [0.4, 0.5) is 0 Å². The Morgan fingerprint density at radius 1 is 1.26 bits per heavy atom. The molecule has 0 aliphatic carbocycles. The molecule has 1 aromatic carbocycles. The Morgan fingerprint density at radius 3 is 2.53 bits per heavy atom. The van der Waals surface area contributed by atoms with Crippen LogP contribution >= 0.6 is 15.9 Å². The largest absolute Gasteiger partial charge is 0.379 e. The standard InChI is InChI=1S/C12H14BrNO4S/c13-9-11(15)10-3-1-2-4-12(10)19(16,17)14-5-7-18-8-6-14/h1-4H,5-9H2. The Bertz CT molecular complexity index is 567. The van der Waals surface area contributed by atoms with Crippen molar-refractivity contribution in [2.24, 2.45) is 0 Å². The zero-order chi connectivity index (χ0) is 13.9. The van der Waals surface area contributed by atoms with E-state index in [1.54, 1.807) is 12.1 Å². The fourth-order valence-electron chi connectivity index (χ4n) is 1.92. The monoisotopic (exact) mass is 347 g/mol. The Kier molecular flexibility index (Phi) is 4.72. The molecule has 7 heteroatoms. The van der Waals surface area contributed by atoms with Crippen molar-refractivity contribution in [1.29, 1.82) is 0 Å². The van der Waals surface area contributed by atoms with Crippen LogP contribution in [-0.4, -0.2) is 50.1 Å². The highest BCUT2D eigenvalue weighted by atomic mass is 79.9. The molecule has 2 rings (SSSR count). The lowest BCUT2D eigenvalue weighted by Crippen LogP contribution is -2.41. The predicted octanol–water partition coefficient (Wildman–Crippen LogP) is 1.29. The molecule has 0 atom stereocenters. The molecule has 1 aromatic rings. The average Bonchev–Trinajstić information content (AvgIpc) is 2.47. The van der Waals surface area contributed by atoms with Crippen LogP contribution < -0.4 is 0 Å². The molecule has 1 saturated heterocycles. The number of nitrogens with zero attached hydrogens (tertiary/aromatic N) is 1. The topological polar surface area (TPSA) is 63.7 Å². The minimum absolute atomic E-state index is 0.0707. The van der Waals surface area contributed by atoms with Crippen LogP contribution in [0.1, 0.15) is 10.4 Å². The zero-order valence-electron chi connectivity index (χ0n) is 10.2. The van der Waals surface area contributed by atoms with E-state index in [1.165, 1.54) is 16.4 Å². The van der Waals surface area contributed by atoms with Gasteiger partial charge in [0.15, 0.2) is 5.78 Å². The second-order valence-electron chi connectivity index (χ2n) is 4.07. The third-order valence-corrected chi connectivity index (χ3v) is 5.36. The predicted molar refractivity (Wildman–Crippen MR) is 74.1 cm³/mol. The summed E-state index contributed by atoms with van der Waals surface area (Å²) in [6, 6.07) is 6.30. The third-order valence-electron chi connectivity index (χ3n) is 2.90. The number of sulfonamides is 1. The summed E-state index contributed by atoms with van der Waals surface area (Å²) in [5.41, 5.74) is 0.228. The summed E-state index contributed by atoms with van der Waals surface area (Å²) in [6.07, 6.45) is 0. The highest BCUT2D eigenvalue weighted by Crippen LogP contribution is 2.22. The van der Waals surface area contributed by atoms with Gasteiger partial charge in [-0.1, -0.05) is 34.1 Å². The zero-order valence-corrected chi connectivity index (χ0v) is 12.6. The van der Waals surface area contributed by atoms with Crippen LogP contribution in [0.25, 0.3) is 0 Å². The van der Waals surface area contributed by atoms with Crippen molar-refractivity contribution in [3.63, 3.8) is 0 Å². The lowest BCUT2D eigenvalue weighted by molar-refractivity contribution is 0.0730. The maximum absolute atomic E-state index is 12.5. The van der Waals surface area contributed by atoms with Crippen molar-refractivity contribution >= 4 is 31.7 Å². The van der Waals surface area contributed by atoms with Crippen LogP contribution in [0.2, 0.25) is 0 Å². The summed E-state index contributed by atoms with van der Waals surface area (Å²) in [6.45, 7) is 1.40. The number of ketones is 1. The van der Waals surface area contributed by atoms with Crippen molar-refractivity contribution in [1.82, 2.24) is 4.31 Å². The number of halogens is 1. The lowest BCUT2D eigenvalue weighted by Gasteiger charge is -2.26. The van der Waals surface area contributed by atoms with E-state index < -0.39 is 10.0 Å². The molecule has 19 heavy (non-hydrogen) atoms. The first kappa shape index (κ1) is 14.6. The van der Waals surface area contributed by atoms with E-state index >= 15 is 0 Å². The fraction of sp³-hybridized carbons (Fsp3) is 0.417. The summed E-state index contributed by atoms with van der Waals surface area (Å²) in [4.78, 5) is 11.9. The molecule has 0 aromatic heterocycles. The number of carbonyl (C=O) groups is 1. The van der Waals surface area contributed by atoms with Crippen LogP contribution in [0.15, 0.2) is 29.2 Å². The molecule has 0 N–H and O–H groups in total. The molecule has 0 unspecified atom stereocenters. The van der Waals surface area contributed by atoms with Crippen molar-refractivity contribution in [2.45, 2.75) is 4.90 Å². The number of rotatable bonds is 4. The van der Waals surface area contributed by atoms with Gasteiger partial charge in [0.1, 0.15) is 0 Å². The van der Waals surface area contributed by atoms with E-state index in [0.717, 1.165) is 0 Å². The fourth-order valence-corrected chi connectivity index (χ4v) is 3.84. The number of morpholine rings is 1. The molecule has 0 spiro atoms. The minimum atomic E-state index is -3.64. The third kappa shape index (κ3) is 3.05. The first-order valence-corrected chi connectivity index (χ1v) is 8.39. The summed E-state index contributed by atoms with van der Waals surface area (Å²) in [7, 11) is -3.64. The summed E-state index contributed by atoms with van der Waals surface area (Å²) in [5, 5.41) is 0.0998. The number of hydrogen-bond acceptors (Lipinski definition) is 4. The molecule has 1 fully saturated rings. The lowest BCUT2D eigenvalue weighted by atomic mass is 10.1. The molecule has 0 saturated carbocycles. The first-order chi connectivity index (χ1) is 9.07. The second kappa shape index (κ2) is 6.13. The normalized spacial score (nSPS) is 17.3. The van der Waals surface area contributed by atoms with Crippen LogP contribution in [0.5, 0.6) is 0 Å². The van der Waals surface area contributed by atoms with Gasteiger partial charge in [-0.05, 0) is 6.07 Å². The molecular weight excluding hydrogens is 334 g/mol. The van der Waals surface area contributed by atoms with Gasteiger partial charge in [0.05, 0.1) is 23.4 Å². The van der Waals surface area contributed by atoms with Gasteiger partial charge in [-0.3, -0.25) is 4.79 Å². The number of hydrogen-bond donors (Lipinski definition) is 0. The van der Waals surface area contributed by atoms with E-state index in [0.29, 0.717) is 26.3 Å². The van der Waals surface area contributed by atoms with Crippen molar-refractivity contribution in [3.8, 4) is 0 Å². The number of ether oxygens (including phenoxy) is 1. The number of alkyl halides is 1. The SMILES string of the molecule is O=C(CBr)c1ccccc1S(=O)(=O)N1CCOCC1. The van der Waals surface area contributed by atoms with Crippen LogP contribution in [0.3, 0.4) is 0 Å². The highest BCUT2D eigenvalue weighted by Gasteiger charge is 2.29. The molecule has 1 aliphatic rings. The molecule has 1 heterocycles. The Morgan fingerprint density at radius 2 is 1.89 bits per heavy atom. The van der Waals surface area contributed by atoms with Gasteiger partial charge in [-0.2, -0.15) is 4.31 Å². The number of Topliss-reactive ketones (excluding diaryl/α,β-unsaturated/α-hetero) is 1. The Labute approximate surface area is 120 Å². The van der Waals surface area contributed by atoms with E-state index in [9.17, 15) is 13.2 Å². The van der Waals surface area contributed by atoms with Crippen molar-refractivity contribution < 1.29 is 17.9 Å². The van der Waals surface area contributed by atoms with Crippen LogP contribution in [-0.2, 0) is 14.8 Å². The van der Waals surface area contributed by atoms with E-state index in [1.807, 2.05) is 0 Å². The number of carbonyl (C=O) groups excluding carboxylic acids is 1. The van der Waals surface area contributed by atoms with Crippen molar-refractivity contribution in [2.75, 3.05) is 31.6 Å². The molecule has 1 aliphatic heterocycles. The smallest absolute Gasteiger partial charge is 0.243 e. The van der Waals surface area contributed by atoms with Gasteiger partial charge in [-0.25, -0.2) is 8.42 Å². The van der Waals surface area contributed by atoms with Crippen molar-refractivity contribution in [3.05, 3.63) is 29.8 Å². The quantitative estimate of drug-likeness (QED) is 0.608. The van der Waals surface area contributed by atoms with Gasteiger partial charge in [-0.15, -0.1) is 0 Å². The highest BCUT2D eigenvalue weighted by molar-refractivity contribution is 9.09. The van der Waals surface area contributed by atoms with Gasteiger partial charge in [0.2, 0.25) is 10.0 Å². The first-order valence-electron chi connectivity index (χ1n) is 5.83. The van der Waals surface area contributed by atoms with E-state index in [2.05, 4.69) is 15.9 Å². The maximum atomic E-state index is 12.5. The molecule has 104 valence electrons. The van der Waals surface area contributed by atoms with E-state index in [4.69, 9.17) is 4.74 Å². The van der Waals surface area contributed by atoms with Gasteiger partial charge in [0.25, 0.3) is 0 Å². The van der Waals surface area contributed by atoms with Crippen LogP contribution in [0, 0.1) is 0 Å². The Balaban J connectivity index is 2.42. The summed E-state index contributed by atoms with van der Waals surface area (Å²) < 4.78 is 31.6. The number of benzene rings is 1.